The van der Waals surface area contributed by atoms with Crippen molar-refractivity contribution in [3.63, 3.8) is 0 Å². The third-order valence-electron chi connectivity index (χ3n) is 3.53. The van der Waals surface area contributed by atoms with Crippen molar-refractivity contribution < 1.29 is 9.53 Å². The molecule has 0 aliphatic carbocycles. The van der Waals surface area contributed by atoms with Crippen LogP contribution in [0.1, 0.15) is 37.6 Å². The summed E-state index contributed by atoms with van der Waals surface area (Å²) in [6, 6.07) is 5.06. The van der Waals surface area contributed by atoms with Crippen molar-refractivity contribution >= 4 is 33.4 Å². The zero-order chi connectivity index (χ0) is 14.5. The van der Waals surface area contributed by atoms with Crippen LogP contribution in [0, 0.1) is 0 Å². The first-order chi connectivity index (χ1) is 9.60. The van der Waals surface area contributed by atoms with Gasteiger partial charge in [0.1, 0.15) is 0 Å². The van der Waals surface area contributed by atoms with E-state index in [1.165, 1.54) is 8.66 Å². The third-order valence-corrected chi connectivity index (χ3v) is 5.33. The van der Waals surface area contributed by atoms with E-state index in [9.17, 15) is 4.79 Å². The van der Waals surface area contributed by atoms with E-state index in [1.54, 1.807) is 16.2 Å². The predicted octanol–water partition coefficient (Wildman–Crippen LogP) is 3.78. The number of hydrogen-bond acceptors (Lipinski definition) is 4. The number of hydrogen-bond donors (Lipinski definition) is 1. The fraction of sp³-hybridized carbons (Fsp3) is 0.643. The smallest absolute Gasteiger partial charge is 0.409 e. The molecule has 0 radical (unpaired) electrons. The molecule has 1 atom stereocenters. The average molecular weight is 361 g/mol. The van der Waals surface area contributed by atoms with E-state index in [0.717, 1.165) is 25.9 Å². The lowest BCUT2D eigenvalue weighted by molar-refractivity contribution is 0.0944. The summed E-state index contributed by atoms with van der Waals surface area (Å²) < 4.78 is 6.20. The predicted molar refractivity (Wildman–Crippen MR) is 85.2 cm³/mol. The molecule has 6 heteroatoms. The van der Waals surface area contributed by atoms with Crippen molar-refractivity contribution in [2.24, 2.45) is 0 Å². The van der Waals surface area contributed by atoms with Crippen molar-refractivity contribution in [1.29, 1.82) is 0 Å². The molecule has 1 saturated heterocycles. The van der Waals surface area contributed by atoms with Crippen molar-refractivity contribution in [2.75, 3.05) is 19.7 Å². The zero-order valence-electron chi connectivity index (χ0n) is 11.9. The molecule has 2 rings (SSSR count). The van der Waals surface area contributed by atoms with E-state index >= 15 is 0 Å². The maximum atomic E-state index is 11.6. The fourth-order valence-electron chi connectivity index (χ4n) is 2.44. The summed E-state index contributed by atoms with van der Waals surface area (Å²) >= 11 is 5.26. The molecular weight excluding hydrogens is 340 g/mol. The summed E-state index contributed by atoms with van der Waals surface area (Å²) in [4.78, 5) is 14.8. The Morgan fingerprint density at radius 2 is 2.25 bits per heavy atom. The Kier molecular flexibility index (Phi) is 5.86. The molecule has 4 nitrogen and oxygen atoms in total. The third kappa shape index (κ3) is 4.20. The number of piperidine rings is 1. The first kappa shape index (κ1) is 15.8. The van der Waals surface area contributed by atoms with Gasteiger partial charge in [-0.05, 0) is 54.8 Å². The minimum atomic E-state index is -0.179. The van der Waals surface area contributed by atoms with Crippen LogP contribution in [0.3, 0.4) is 0 Å². The number of thiophene rings is 1. The first-order valence-electron chi connectivity index (χ1n) is 7.03. The molecule has 1 aliphatic heterocycles. The Bertz CT molecular complexity index is 444. The van der Waals surface area contributed by atoms with Gasteiger partial charge in [-0.25, -0.2) is 4.79 Å². The largest absolute Gasteiger partial charge is 0.450 e. The monoisotopic (exact) mass is 360 g/mol. The minimum Gasteiger partial charge on any atom is -0.450 e. The first-order valence-corrected chi connectivity index (χ1v) is 8.64. The summed E-state index contributed by atoms with van der Waals surface area (Å²) in [5, 5.41) is 3.65. The van der Waals surface area contributed by atoms with Crippen molar-refractivity contribution in [3.05, 3.63) is 20.8 Å². The van der Waals surface area contributed by atoms with Crippen LogP contribution in [-0.4, -0.2) is 36.7 Å². The maximum Gasteiger partial charge on any atom is 0.409 e. The van der Waals surface area contributed by atoms with Gasteiger partial charge in [-0.15, -0.1) is 11.3 Å². The Morgan fingerprint density at radius 1 is 1.55 bits per heavy atom. The molecule has 112 valence electrons. The van der Waals surface area contributed by atoms with Crippen LogP contribution in [0.25, 0.3) is 0 Å². The molecule has 1 unspecified atom stereocenters. The van der Waals surface area contributed by atoms with Crippen LogP contribution in [-0.2, 0) is 4.74 Å². The zero-order valence-corrected chi connectivity index (χ0v) is 14.3. The number of carbonyl (C=O) groups is 1. The molecule has 1 aromatic rings. The highest BCUT2D eigenvalue weighted by Crippen LogP contribution is 2.28. The lowest BCUT2D eigenvalue weighted by Crippen LogP contribution is -2.45. The summed E-state index contributed by atoms with van der Waals surface area (Å²) in [6.07, 6.45) is 1.78. The van der Waals surface area contributed by atoms with Gasteiger partial charge in [-0.2, -0.15) is 0 Å². The van der Waals surface area contributed by atoms with Crippen LogP contribution in [0.2, 0.25) is 0 Å². The molecule has 1 fully saturated rings. The minimum absolute atomic E-state index is 0.179. The second kappa shape index (κ2) is 7.43. The van der Waals surface area contributed by atoms with E-state index in [0.29, 0.717) is 18.7 Å². The standard InChI is InChI=1S/C14H21BrN2O2S/c1-3-19-14(18)17-8-6-11(7-9-17)16-10(2)12-4-5-13(15)20-12/h4-5,10-11,16H,3,6-9H2,1-2H3. The summed E-state index contributed by atoms with van der Waals surface area (Å²) in [5.74, 6) is 0. The van der Waals surface area contributed by atoms with E-state index in [2.05, 4.69) is 40.3 Å². The SMILES string of the molecule is CCOC(=O)N1CCC(NC(C)c2ccc(Br)s2)CC1. The number of ether oxygens (including phenoxy) is 1. The Morgan fingerprint density at radius 3 is 2.80 bits per heavy atom. The highest BCUT2D eigenvalue weighted by Gasteiger charge is 2.24. The van der Waals surface area contributed by atoms with Crippen LogP contribution in [0.15, 0.2) is 15.9 Å². The van der Waals surface area contributed by atoms with Crippen molar-refractivity contribution in [1.82, 2.24) is 10.2 Å². The Labute approximate surface area is 132 Å². The van der Waals surface area contributed by atoms with Crippen LogP contribution < -0.4 is 5.32 Å². The summed E-state index contributed by atoms with van der Waals surface area (Å²) in [6.45, 7) is 6.03. The van der Waals surface area contributed by atoms with Crippen molar-refractivity contribution in [3.8, 4) is 0 Å². The molecule has 1 aliphatic rings. The van der Waals surface area contributed by atoms with E-state index in [4.69, 9.17) is 4.74 Å². The molecule has 2 heterocycles. The number of nitrogens with zero attached hydrogens (tertiary/aromatic N) is 1. The van der Waals surface area contributed by atoms with Gasteiger partial charge in [0.15, 0.2) is 0 Å². The van der Waals surface area contributed by atoms with Gasteiger partial charge >= 0.3 is 6.09 Å². The maximum absolute atomic E-state index is 11.6. The van der Waals surface area contributed by atoms with Gasteiger partial charge in [-0.1, -0.05) is 0 Å². The van der Waals surface area contributed by atoms with Crippen LogP contribution in [0.4, 0.5) is 4.79 Å². The molecule has 0 bridgehead atoms. The number of halogens is 1. The Hall–Kier alpha value is -0.590. The topological polar surface area (TPSA) is 41.6 Å². The highest BCUT2D eigenvalue weighted by atomic mass is 79.9. The second-order valence-electron chi connectivity index (χ2n) is 4.99. The molecule has 0 aromatic carbocycles. The van der Waals surface area contributed by atoms with Gasteiger partial charge in [-0.3, -0.25) is 0 Å². The van der Waals surface area contributed by atoms with Gasteiger partial charge in [0.05, 0.1) is 10.4 Å². The van der Waals surface area contributed by atoms with Crippen molar-refractivity contribution in [2.45, 2.75) is 38.8 Å². The molecule has 1 amide bonds. The number of amides is 1. The Balaban J connectivity index is 1.78. The summed E-state index contributed by atoms with van der Waals surface area (Å²) in [7, 11) is 0. The van der Waals surface area contributed by atoms with Crippen LogP contribution in [0.5, 0.6) is 0 Å². The lowest BCUT2D eigenvalue weighted by atomic mass is 10.0. The highest BCUT2D eigenvalue weighted by molar-refractivity contribution is 9.11. The molecule has 20 heavy (non-hydrogen) atoms. The van der Waals surface area contributed by atoms with Gasteiger partial charge < -0.3 is 15.0 Å². The van der Waals surface area contributed by atoms with E-state index in [1.807, 2.05) is 6.92 Å². The fourth-order valence-corrected chi connectivity index (χ4v) is 3.88. The summed E-state index contributed by atoms with van der Waals surface area (Å²) in [5.41, 5.74) is 0. The average Bonchev–Trinajstić information content (AvgIpc) is 2.86. The molecule has 1 N–H and O–H groups in total. The van der Waals surface area contributed by atoms with Gasteiger partial charge in [0, 0.05) is 30.1 Å². The quantitative estimate of drug-likeness (QED) is 0.887. The number of rotatable bonds is 4. The van der Waals surface area contributed by atoms with E-state index < -0.39 is 0 Å². The van der Waals surface area contributed by atoms with Gasteiger partial charge in [0.2, 0.25) is 0 Å². The normalized spacial score (nSPS) is 18.1. The number of carbonyl (C=O) groups excluding carboxylic acids is 1. The molecule has 0 saturated carbocycles. The van der Waals surface area contributed by atoms with E-state index in [-0.39, 0.29) is 6.09 Å². The van der Waals surface area contributed by atoms with Gasteiger partial charge in [0.25, 0.3) is 0 Å². The molecule has 1 aromatic heterocycles. The molecular formula is C14H21BrN2O2S. The van der Waals surface area contributed by atoms with Crippen LogP contribution >= 0.6 is 27.3 Å². The number of nitrogens with one attached hydrogen (secondary N) is 1. The second-order valence-corrected chi connectivity index (χ2v) is 7.49. The lowest BCUT2D eigenvalue weighted by Gasteiger charge is -2.33. The number of likely N-dealkylation sites (tertiary alicyclic amines) is 1. The molecule has 0 spiro atoms.